The Hall–Kier alpha value is -2.43. The van der Waals surface area contributed by atoms with Crippen LogP contribution in [0.3, 0.4) is 0 Å². The molecule has 1 saturated heterocycles. The van der Waals surface area contributed by atoms with Crippen molar-refractivity contribution in [2.45, 2.75) is 56.8 Å². The van der Waals surface area contributed by atoms with E-state index in [4.69, 9.17) is 0 Å². The molecule has 6 nitrogen and oxygen atoms in total. The molecule has 0 aromatic heterocycles. The monoisotopic (exact) mass is 496 g/mol. The summed E-state index contributed by atoms with van der Waals surface area (Å²) in [7, 11) is -3.64. The molecule has 1 amide bonds. The molecule has 2 aromatic rings. The molecule has 0 radical (unpaired) electrons. The molecule has 2 aromatic carbocycles. The van der Waals surface area contributed by atoms with Crippen molar-refractivity contribution in [2.24, 2.45) is 5.92 Å². The third kappa shape index (κ3) is 5.13. The summed E-state index contributed by atoms with van der Waals surface area (Å²) in [5.41, 5.74) is -1.51. The second kappa shape index (κ2) is 8.66. The summed E-state index contributed by atoms with van der Waals surface area (Å²) < 4.78 is 69.7. The number of hydrogen-bond acceptors (Lipinski definition) is 4. The van der Waals surface area contributed by atoms with Crippen molar-refractivity contribution < 1.29 is 31.5 Å². The zero-order valence-electron chi connectivity index (χ0n) is 19.1. The average Bonchev–Trinajstić information content (AvgIpc) is 3.45. The molecular formula is C24H27F3N2O4S. The van der Waals surface area contributed by atoms with Crippen LogP contribution in [0.2, 0.25) is 0 Å². The first-order valence-corrected chi connectivity index (χ1v) is 12.9. The van der Waals surface area contributed by atoms with Crippen molar-refractivity contribution in [1.29, 1.82) is 0 Å². The Balaban J connectivity index is 1.74. The predicted molar refractivity (Wildman–Crippen MR) is 121 cm³/mol. The van der Waals surface area contributed by atoms with E-state index in [1.54, 1.807) is 6.07 Å². The minimum Gasteiger partial charge on any atom is -0.381 e. The highest BCUT2D eigenvalue weighted by Crippen LogP contribution is 2.47. The highest BCUT2D eigenvalue weighted by Gasteiger charge is 2.55. The van der Waals surface area contributed by atoms with Gasteiger partial charge in [-0.2, -0.15) is 0 Å². The van der Waals surface area contributed by atoms with E-state index in [0.717, 1.165) is 18.4 Å². The Bertz CT molecular complexity index is 1210. The number of nitrogens with one attached hydrogen (secondary N) is 1. The van der Waals surface area contributed by atoms with Crippen LogP contribution in [-0.4, -0.2) is 54.3 Å². The maximum Gasteiger partial charge on any atom is 0.254 e. The molecule has 2 N–H and O–H groups in total. The second-order valence-corrected chi connectivity index (χ2v) is 11.6. The van der Waals surface area contributed by atoms with Gasteiger partial charge in [-0.15, -0.1) is 0 Å². The lowest BCUT2D eigenvalue weighted by molar-refractivity contribution is -0.153. The number of benzene rings is 2. The van der Waals surface area contributed by atoms with Crippen LogP contribution < -0.4 is 4.72 Å². The van der Waals surface area contributed by atoms with Gasteiger partial charge in [-0.3, -0.25) is 4.79 Å². The number of piperidine rings is 1. The Morgan fingerprint density at radius 2 is 1.79 bits per heavy atom. The molecule has 4 atom stereocenters. The summed E-state index contributed by atoms with van der Waals surface area (Å²) in [6.45, 7) is 2.72. The number of fused-ring (bicyclic) bond motifs is 1. The van der Waals surface area contributed by atoms with Crippen molar-refractivity contribution in [3.63, 3.8) is 0 Å². The van der Waals surface area contributed by atoms with Gasteiger partial charge < -0.3 is 10.0 Å². The maximum absolute atomic E-state index is 15.6. The van der Waals surface area contributed by atoms with E-state index in [2.05, 4.69) is 4.72 Å². The zero-order valence-corrected chi connectivity index (χ0v) is 19.9. The molecule has 184 valence electrons. The largest absolute Gasteiger partial charge is 0.381 e. The molecule has 10 heteroatoms. The smallest absolute Gasteiger partial charge is 0.254 e. The fraction of sp³-hybridized carbons (Fsp3) is 0.458. The Labute approximate surface area is 196 Å². The van der Waals surface area contributed by atoms with Crippen LogP contribution in [0.5, 0.6) is 0 Å². The summed E-state index contributed by atoms with van der Waals surface area (Å²) in [6, 6.07) is 5.59. The van der Waals surface area contributed by atoms with Gasteiger partial charge in [-0.05, 0) is 62.3 Å². The SMILES string of the molecule is CC(C)(O)C(=O)N1C2CC2C[C@H](NS(C)(=O)=O)[C@@H]1Cc1cccc(-c2cc(F)cc(F)c2)c1F. The third-order valence-corrected chi connectivity index (χ3v) is 7.16. The molecular weight excluding hydrogens is 469 g/mol. The number of aliphatic hydroxyl groups is 1. The van der Waals surface area contributed by atoms with Crippen molar-refractivity contribution in [3.8, 4) is 11.1 Å². The van der Waals surface area contributed by atoms with Crippen molar-refractivity contribution in [1.82, 2.24) is 9.62 Å². The van der Waals surface area contributed by atoms with E-state index in [0.29, 0.717) is 18.9 Å². The maximum atomic E-state index is 15.6. The van der Waals surface area contributed by atoms with Crippen LogP contribution in [0.25, 0.3) is 11.1 Å². The van der Waals surface area contributed by atoms with Crippen molar-refractivity contribution in [2.75, 3.05) is 6.26 Å². The molecule has 34 heavy (non-hydrogen) atoms. The van der Waals surface area contributed by atoms with Crippen LogP contribution >= 0.6 is 0 Å². The molecule has 0 spiro atoms. The van der Waals surface area contributed by atoms with E-state index < -0.39 is 51.1 Å². The zero-order chi connectivity index (χ0) is 25.0. The fourth-order valence-electron chi connectivity index (χ4n) is 4.90. The van der Waals surface area contributed by atoms with Gasteiger partial charge in [0, 0.05) is 23.7 Å². The second-order valence-electron chi connectivity index (χ2n) is 9.78. The number of nitrogens with zero attached hydrogens (tertiary/aromatic N) is 1. The van der Waals surface area contributed by atoms with Gasteiger partial charge in [-0.25, -0.2) is 26.3 Å². The van der Waals surface area contributed by atoms with Gasteiger partial charge in [0.25, 0.3) is 5.91 Å². The normalized spacial score (nSPS) is 24.6. The third-order valence-electron chi connectivity index (χ3n) is 6.43. The van der Waals surface area contributed by atoms with Crippen LogP contribution in [0.15, 0.2) is 36.4 Å². The van der Waals surface area contributed by atoms with E-state index in [1.165, 1.54) is 30.9 Å². The lowest BCUT2D eigenvalue weighted by Gasteiger charge is -2.43. The standard InChI is InChI=1S/C24H27F3N2O4S/c1-24(2,31)23(30)29-20-11-15(20)9-19(28-34(3,32)33)21(29)10-13-5-4-6-18(22(13)27)14-7-16(25)12-17(26)8-14/h4-8,12,15,19-21,28,31H,9-11H2,1-3H3/t15?,19-,20?,21-/m0/s1. The van der Waals surface area contributed by atoms with Crippen LogP contribution in [0.4, 0.5) is 13.2 Å². The summed E-state index contributed by atoms with van der Waals surface area (Å²) in [5.74, 6) is -2.86. The molecule has 1 aliphatic carbocycles. The first-order chi connectivity index (χ1) is 15.7. The number of likely N-dealkylation sites (tertiary alicyclic amines) is 1. The quantitative estimate of drug-likeness (QED) is 0.644. The molecule has 1 saturated carbocycles. The lowest BCUT2D eigenvalue weighted by Crippen LogP contribution is -2.61. The predicted octanol–water partition coefficient (Wildman–Crippen LogP) is 2.99. The Morgan fingerprint density at radius 1 is 1.15 bits per heavy atom. The number of carbonyl (C=O) groups is 1. The summed E-state index contributed by atoms with van der Waals surface area (Å²) in [6.07, 6.45) is 2.13. The molecule has 2 aliphatic rings. The van der Waals surface area contributed by atoms with Gasteiger partial charge in [0.05, 0.1) is 12.3 Å². The molecule has 2 unspecified atom stereocenters. The number of hydrogen-bond donors (Lipinski definition) is 2. The van der Waals surface area contributed by atoms with Crippen molar-refractivity contribution >= 4 is 15.9 Å². The molecule has 4 rings (SSSR count). The van der Waals surface area contributed by atoms with Crippen LogP contribution in [0.1, 0.15) is 32.3 Å². The first-order valence-electron chi connectivity index (χ1n) is 11.0. The highest BCUT2D eigenvalue weighted by molar-refractivity contribution is 7.88. The minimum atomic E-state index is -3.64. The van der Waals surface area contributed by atoms with E-state index >= 15 is 4.39 Å². The number of amides is 1. The van der Waals surface area contributed by atoms with Gasteiger partial charge in [0.1, 0.15) is 23.1 Å². The van der Waals surface area contributed by atoms with E-state index in [1.807, 2.05) is 0 Å². The van der Waals surface area contributed by atoms with Crippen LogP contribution in [0, 0.1) is 23.4 Å². The van der Waals surface area contributed by atoms with Crippen LogP contribution in [-0.2, 0) is 21.2 Å². The topological polar surface area (TPSA) is 86.7 Å². The summed E-state index contributed by atoms with van der Waals surface area (Å²) >= 11 is 0. The van der Waals surface area contributed by atoms with E-state index in [9.17, 15) is 27.1 Å². The van der Waals surface area contributed by atoms with Crippen molar-refractivity contribution in [3.05, 3.63) is 59.4 Å². The molecule has 0 bridgehead atoms. The van der Waals surface area contributed by atoms with Gasteiger partial charge in [0.2, 0.25) is 10.0 Å². The highest BCUT2D eigenvalue weighted by atomic mass is 32.2. The number of halogens is 3. The number of sulfonamides is 1. The molecule has 2 fully saturated rings. The van der Waals surface area contributed by atoms with E-state index in [-0.39, 0.29) is 35.1 Å². The summed E-state index contributed by atoms with van der Waals surface area (Å²) in [4.78, 5) is 14.6. The lowest BCUT2D eigenvalue weighted by atomic mass is 9.88. The summed E-state index contributed by atoms with van der Waals surface area (Å²) in [5, 5.41) is 10.4. The van der Waals surface area contributed by atoms with Gasteiger partial charge >= 0.3 is 0 Å². The molecule has 1 aliphatic heterocycles. The first kappa shape index (κ1) is 24.7. The molecule has 1 heterocycles. The number of rotatable bonds is 6. The van der Waals surface area contributed by atoms with Gasteiger partial charge in [-0.1, -0.05) is 18.2 Å². The number of carbonyl (C=O) groups excluding carboxylic acids is 1. The minimum absolute atomic E-state index is 0.0102. The fourth-order valence-corrected chi connectivity index (χ4v) is 5.71. The Morgan fingerprint density at radius 3 is 2.38 bits per heavy atom. The average molecular weight is 497 g/mol. The Kier molecular flexibility index (Phi) is 6.28. The van der Waals surface area contributed by atoms with Gasteiger partial charge in [0.15, 0.2) is 0 Å².